The molecule has 3 heterocycles. The molecule has 0 radical (unpaired) electrons. The molecule has 5 rings (SSSR count). The zero-order valence-corrected chi connectivity index (χ0v) is 14.0. The van der Waals surface area contributed by atoms with E-state index in [1.54, 1.807) is 0 Å². The van der Waals surface area contributed by atoms with Crippen molar-refractivity contribution >= 4 is 22.6 Å². The van der Waals surface area contributed by atoms with Crippen LogP contribution in [0.25, 0.3) is 11.0 Å². The minimum Gasteiger partial charge on any atom is -0.381 e. The highest BCUT2D eigenvalue weighted by atomic mass is 35.5. The molecule has 1 saturated heterocycles. The summed E-state index contributed by atoms with van der Waals surface area (Å²) in [6, 6.07) is 3.53. The van der Waals surface area contributed by atoms with E-state index in [1.807, 2.05) is 0 Å². The fourth-order valence-electron chi connectivity index (χ4n) is 3.61. The van der Waals surface area contributed by atoms with Gasteiger partial charge in [-0.05, 0) is 12.1 Å². The number of benzene rings is 1. The molecule has 7 nitrogen and oxygen atoms in total. The van der Waals surface area contributed by atoms with Gasteiger partial charge in [0, 0.05) is 17.4 Å². The molecule has 10 heteroatoms. The Kier molecular flexibility index (Phi) is 3.38. The van der Waals surface area contributed by atoms with E-state index >= 15 is 0 Å². The summed E-state index contributed by atoms with van der Waals surface area (Å²) in [6.07, 6.45) is 0. The van der Waals surface area contributed by atoms with E-state index in [0.717, 1.165) is 16.8 Å². The number of ether oxygens (including phenoxy) is 1. The van der Waals surface area contributed by atoms with Crippen molar-refractivity contribution in [2.24, 2.45) is 11.8 Å². The molecule has 0 bridgehead atoms. The Morgan fingerprint density at radius 1 is 1.19 bits per heavy atom. The van der Waals surface area contributed by atoms with Crippen molar-refractivity contribution in [3.05, 3.63) is 50.9 Å². The molecule has 0 spiro atoms. The van der Waals surface area contributed by atoms with Crippen molar-refractivity contribution in [3.8, 4) is 0 Å². The van der Waals surface area contributed by atoms with E-state index in [9.17, 15) is 13.6 Å². The molecule has 0 unspecified atom stereocenters. The summed E-state index contributed by atoms with van der Waals surface area (Å²) in [6.45, 7) is 0.947. The van der Waals surface area contributed by atoms with Crippen molar-refractivity contribution < 1.29 is 13.5 Å². The molecule has 3 atom stereocenters. The number of hydrogen-bond acceptors (Lipinski definition) is 5. The first-order valence-corrected chi connectivity index (χ1v) is 8.46. The Bertz CT molecular complexity index is 1070. The van der Waals surface area contributed by atoms with E-state index < -0.39 is 17.2 Å². The molecule has 1 aliphatic carbocycles. The number of fused-ring (bicyclic) bond motifs is 2. The summed E-state index contributed by atoms with van der Waals surface area (Å²) in [5.74, 6) is -0.890. The topological polar surface area (TPSA) is 74.8 Å². The molecule has 1 aliphatic heterocycles. The second-order valence-electron chi connectivity index (χ2n) is 6.54. The van der Waals surface area contributed by atoms with E-state index in [-0.39, 0.29) is 46.2 Å². The molecule has 2 fully saturated rings. The van der Waals surface area contributed by atoms with Gasteiger partial charge in [0.2, 0.25) is 0 Å². The fourth-order valence-corrected chi connectivity index (χ4v) is 3.84. The van der Waals surface area contributed by atoms with Crippen LogP contribution in [0.2, 0.25) is 5.15 Å². The van der Waals surface area contributed by atoms with Gasteiger partial charge in [0.25, 0.3) is 5.56 Å². The van der Waals surface area contributed by atoms with E-state index in [4.69, 9.17) is 16.3 Å². The Morgan fingerprint density at radius 2 is 1.88 bits per heavy atom. The van der Waals surface area contributed by atoms with Gasteiger partial charge in [0.1, 0.15) is 11.6 Å². The van der Waals surface area contributed by atoms with Crippen LogP contribution in [0.1, 0.15) is 11.6 Å². The van der Waals surface area contributed by atoms with Crippen molar-refractivity contribution in [1.29, 1.82) is 0 Å². The molecule has 2 aliphatic rings. The Labute approximate surface area is 150 Å². The predicted molar refractivity (Wildman–Crippen MR) is 86.9 cm³/mol. The van der Waals surface area contributed by atoms with Crippen LogP contribution in [0.3, 0.4) is 0 Å². The maximum Gasteiger partial charge on any atom is 0.298 e. The van der Waals surface area contributed by atoms with Crippen LogP contribution in [0, 0.1) is 23.5 Å². The molecule has 3 aromatic rings. The summed E-state index contributed by atoms with van der Waals surface area (Å²) in [4.78, 5) is 12.7. The Hall–Kier alpha value is -2.39. The van der Waals surface area contributed by atoms with Crippen LogP contribution in [0.5, 0.6) is 0 Å². The van der Waals surface area contributed by atoms with Gasteiger partial charge in [-0.3, -0.25) is 4.79 Å². The third-order valence-electron chi connectivity index (χ3n) is 5.08. The lowest BCUT2D eigenvalue weighted by atomic mass is 10.2. The van der Waals surface area contributed by atoms with Crippen LogP contribution in [0.15, 0.2) is 23.0 Å². The molecule has 1 saturated carbocycles. The molecule has 1 aromatic carbocycles. The van der Waals surface area contributed by atoms with E-state index in [1.165, 1.54) is 10.7 Å². The van der Waals surface area contributed by atoms with Gasteiger partial charge < -0.3 is 4.74 Å². The summed E-state index contributed by atoms with van der Waals surface area (Å²) < 4.78 is 35.6. The molecular formula is C16H12ClF2N5O2. The van der Waals surface area contributed by atoms with Crippen molar-refractivity contribution in [2.45, 2.75) is 12.6 Å². The quantitative estimate of drug-likeness (QED) is 0.693. The second-order valence-corrected chi connectivity index (χ2v) is 6.90. The van der Waals surface area contributed by atoms with Gasteiger partial charge in [0.05, 0.1) is 25.8 Å². The Morgan fingerprint density at radius 3 is 2.58 bits per heavy atom. The molecule has 2 aromatic heterocycles. The molecular weight excluding hydrogens is 368 g/mol. The van der Waals surface area contributed by atoms with E-state index in [0.29, 0.717) is 13.2 Å². The average Bonchev–Trinajstić information content (AvgIpc) is 2.95. The fraction of sp³-hybridized carbons (Fsp3) is 0.375. The van der Waals surface area contributed by atoms with Gasteiger partial charge in [-0.15, -0.1) is 5.10 Å². The first-order chi connectivity index (χ1) is 12.6. The Balaban J connectivity index is 1.57. The molecule has 134 valence electrons. The van der Waals surface area contributed by atoms with Gasteiger partial charge in [-0.1, -0.05) is 22.9 Å². The second kappa shape index (κ2) is 5.55. The lowest BCUT2D eigenvalue weighted by Crippen LogP contribution is -2.26. The molecule has 26 heavy (non-hydrogen) atoms. The average molecular weight is 380 g/mol. The normalized spacial score (nSPS) is 24.2. The summed E-state index contributed by atoms with van der Waals surface area (Å²) in [7, 11) is 0. The van der Waals surface area contributed by atoms with Crippen molar-refractivity contribution in [1.82, 2.24) is 24.8 Å². The standard InChI is InChI=1S/C16H12ClF2N5O2/c17-15-12-13(21-23(15)4-7-10(18)2-1-3-11(7)19)16(25)24(22-20-12)14-8-5-26-6-9(8)14/h1-3,8-9,14H,4-6H2/t8-,9+,14-. The van der Waals surface area contributed by atoms with Crippen LogP contribution >= 0.6 is 11.6 Å². The third-order valence-corrected chi connectivity index (χ3v) is 5.45. The minimum absolute atomic E-state index is 0.0127. The highest BCUT2D eigenvalue weighted by molar-refractivity contribution is 6.33. The zero-order chi connectivity index (χ0) is 18.0. The number of nitrogens with zero attached hydrogens (tertiary/aromatic N) is 5. The van der Waals surface area contributed by atoms with Gasteiger partial charge >= 0.3 is 0 Å². The zero-order valence-electron chi connectivity index (χ0n) is 13.3. The summed E-state index contributed by atoms with van der Waals surface area (Å²) in [5.41, 5.74) is -0.451. The number of rotatable bonds is 3. The highest BCUT2D eigenvalue weighted by Gasteiger charge is 2.56. The van der Waals surface area contributed by atoms with Crippen molar-refractivity contribution in [2.75, 3.05) is 13.2 Å². The van der Waals surface area contributed by atoms with Crippen LogP contribution in [0.4, 0.5) is 8.78 Å². The number of aromatic nitrogens is 5. The van der Waals surface area contributed by atoms with Crippen LogP contribution in [-0.4, -0.2) is 38.0 Å². The summed E-state index contributed by atoms with van der Waals surface area (Å²) >= 11 is 6.21. The predicted octanol–water partition coefficient (Wildman–Crippen LogP) is 1.79. The highest BCUT2D eigenvalue weighted by Crippen LogP contribution is 2.53. The van der Waals surface area contributed by atoms with Gasteiger partial charge in [0.15, 0.2) is 16.2 Å². The number of hydrogen-bond donors (Lipinski definition) is 0. The first-order valence-electron chi connectivity index (χ1n) is 8.08. The largest absolute Gasteiger partial charge is 0.381 e. The molecule has 0 amide bonds. The van der Waals surface area contributed by atoms with E-state index in [2.05, 4.69) is 15.4 Å². The molecule has 0 N–H and O–H groups in total. The SMILES string of the molecule is O=c1c2nn(Cc3c(F)cccc3F)c(Cl)c2nnn1[C@@H]1[C@@H]2COC[C@@H]21. The smallest absolute Gasteiger partial charge is 0.298 e. The van der Waals surface area contributed by atoms with Crippen molar-refractivity contribution in [3.63, 3.8) is 0 Å². The van der Waals surface area contributed by atoms with Crippen LogP contribution < -0.4 is 5.56 Å². The maximum atomic E-state index is 13.9. The number of halogens is 3. The maximum absolute atomic E-state index is 13.9. The summed E-state index contributed by atoms with van der Waals surface area (Å²) in [5, 5.41) is 12.1. The third kappa shape index (κ3) is 2.20. The lowest BCUT2D eigenvalue weighted by Gasteiger charge is -2.05. The van der Waals surface area contributed by atoms with Gasteiger partial charge in [-0.2, -0.15) is 5.10 Å². The van der Waals surface area contributed by atoms with Crippen LogP contribution in [-0.2, 0) is 11.3 Å². The van der Waals surface area contributed by atoms with Gasteiger partial charge in [-0.25, -0.2) is 18.1 Å². The minimum atomic E-state index is -0.713. The lowest BCUT2D eigenvalue weighted by molar-refractivity contribution is 0.149. The monoisotopic (exact) mass is 379 g/mol. The first kappa shape index (κ1) is 15.8.